The minimum Gasteiger partial charge on any atom is -0.353 e. The molecule has 1 amide bonds. The minimum absolute atomic E-state index is 0.0740. The molecule has 1 fully saturated rings. The van der Waals surface area contributed by atoms with Crippen LogP contribution in [0.15, 0.2) is 24.3 Å². The Morgan fingerprint density at radius 2 is 2.24 bits per heavy atom. The van der Waals surface area contributed by atoms with Crippen LogP contribution in [0.25, 0.3) is 0 Å². The molecule has 2 rings (SSSR count). The smallest absolute Gasteiger partial charge is 0.220 e. The molecule has 0 radical (unpaired) electrons. The van der Waals surface area contributed by atoms with Gasteiger partial charge in [-0.25, -0.2) is 4.39 Å². The molecule has 2 unspecified atom stereocenters. The number of hydrogen-bond acceptors (Lipinski definition) is 1. The SMILES string of the molecule is CC(C)CC1NC(=O)CC1c1cccc(F)c1. The molecule has 0 bridgehead atoms. The topological polar surface area (TPSA) is 29.1 Å². The van der Waals surface area contributed by atoms with Crippen LogP contribution in [0.3, 0.4) is 0 Å². The lowest BCUT2D eigenvalue weighted by atomic mass is 9.87. The molecule has 0 aliphatic carbocycles. The zero-order valence-electron chi connectivity index (χ0n) is 10.2. The number of nitrogens with one attached hydrogen (secondary N) is 1. The molecule has 2 atom stereocenters. The standard InChI is InChI=1S/C14H18FNO/c1-9(2)6-13-12(8-14(17)16-13)10-4-3-5-11(15)7-10/h3-5,7,9,12-13H,6,8H2,1-2H3,(H,16,17). The van der Waals surface area contributed by atoms with Crippen LogP contribution in [0, 0.1) is 11.7 Å². The van der Waals surface area contributed by atoms with Gasteiger partial charge in [-0.3, -0.25) is 4.79 Å². The predicted octanol–water partition coefficient (Wildman–Crippen LogP) is 2.84. The molecule has 1 aliphatic heterocycles. The molecular formula is C14H18FNO. The van der Waals surface area contributed by atoms with Crippen molar-refractivity contribution in [3.8, 4) is 0 Å². The summed E-state index contributed by atoms with van der Waals surface area (Å²) in [6.07, 6.45) is 1.41. The number of hydrogen-bond donors (Lipinski definition) is 1. The van der Waals surface area contributed by atoms with Crippen LogP contribution in [0.1, 0.15) is 38.2 Å². The lowest BCUT2D eigenvalue weighted by Gasteiger charge is -2.21. The Labute approximate surface area is 101 Å². The first-order valence-corrected chi connectivity index (χ1v) is 6.11. The van der Waals surface area contributed by atoms with E-state index >= 15 is 0 Å². The first-order chi connectivity index (χ1) is 8.06. The van der Waals surface area contributed by atoms with Crippen LogP contribution < -0.4 is 5.32 Å². The number of rotatable bonds is 3. The summed E-state index contributed by atoms with van der Waals surface area (Å²) >= 11 is 0. The Morgan fingerprint density at radius 1 is 1.47 bits per heavy atom. The molecule has 92 valence electrons. The van der Waals surface area contributed by atoms with Gasteiger partial charge in [0.2, 0.25) is 5.91 Å². The molecule has 3 heteroatoms. The van der Waals surface area contributed by atoms with E-state index in [0.29, 0.717) is 12.3 Å². The summed E-state index contributed by atoms with van der Waals surface area (Å²) in [5.41, 5.74) is 0.925. The van der Waals surface area contributed by atoms with Gasteiger partial charge < -0.3 is 5.32 Å². The fraction of sp³-hybridized carbons (Fsp3) is 0.500. The van der Waals surface area contributed by atoms with Crippen molar-refractivity contribution in [1.29, 1.82) is 0 Å². The predicted molar refractivity (Wildman–Crippen MR) is 65.1 cm³/mol. The van der Waals surface area contributed by atoms with E-state index in [-0.39, 0.29) is 23.7 Å². The average Bonchev–Trinajstić information content (AvgIpc) is 2.58. The van der Waals surface area contributed by atoms with Gasteiger partial charge in [-0.15, -0.1) is 0 Å². The Bertz CT molecular complexity index is 416. The highest BCUT2D eigenvalue weighted by Crippen LogP contribution is 2.31. The Balaban J connectivity index is 2.20. The molecule has 1 N–H and O–H groups in total. The summed E-state index contributed by atoms with van der Waals surface area (Å²) in [5.74, 6) is 0.477. The second-order valence-electron chi connectivity index (χ2n) is 5.17. The maximum atomic E-state index is 13.2. The van der Waals surface area contributed by atoms with Crippen molar-refractivity contribution in [1.82, 2.24) is 5.32 Å². The third-order valence-corrected chi connectivity index (χ3v) is 3.24. The molecule has 0 spiro atoms. The number of carbonyl (C=O) groups excluding carboxylic acids is 1. The fourth-order valence-corrected chi connectivity index (χ4v) is 2.53. The first-order valence-electron chi connectivity index (χ1n) is 6.11. The number of amides is 1. The second-order valence-corrected chi connectivity index (χ2v) is 5.17. The Morgan fingerprint density at radius 3 is 2.88 bits per heavy atom. The van der Waals surface area contributed by atoms with Gasteiger partial charge >= 0.3 is 0 Å². The quantitative estimate of drug-likeness (QED) is 0.857. The van der Waals surface area contributed by atoms with Gasteiger partial charge in [-0.2, -0.15) is 0 Å². The van der Waals surface area contributed by atoms with E-state index in [1.54, 1.807) is 6.07 Å². The highest BCUT2D eigenvalue weighted by atomic mass is 19.1. The van der Waals surface area contributed by atoms with Gasteiger partial charge in [-0.1, -0.05) is 26.0 Å². The van der Waals surface area contributed by atoms with E-state index in [1.807, 2.05) is 6.07 Å². The van der Waals surface area contributed by atoms with Gasteiger partial charge in [0.25, 0.3) is 0 Å². The zero-order chi connectivity index (χ0) is 12.4. The normalized spacial score (nSPS) is 24.1. The van der Waals surface area contributed by atoms with Crippen LogP contribution in [0.5, 0.6) is 0 Å². The minimum atomic E-state index is -0.231. The van der Waals surface area contributed by atoms with E-state index in [9.17, 15) is 9.18 Å². The summed E-state index contributed by atoms with van der Waals surface area (Å²) < 4.78 is 13.2. The molecule has 0 aromatic heterocycles. The maximum Gasteiger partial charge on any atom is 0.220 e. The van der Waals surface area contributed by atoms with Crippen LogP contribution >= 0.6 is 0 Å². The summed E-state index contributed by atoms with van der Waals surface area (Å²) in [5, 5.41) is 2.99. The third kappa shape index (κ3) is 2.84. The highest BCUT2D eigenvalue weighted by Gasteiger charge is 2.33. The van der Waals surface area contributed by atoms with E-state index in [4.69, 9.17) is 0 Å². The van der Waals surface area contributed by atoms with Crippen molar-refractivity contribution in [2.75, 3.05) is 0 Å². The van der Waals surface area contributed by atoms with Crippen molar-refractivity contribution in [2.45, 2.75) is 38.6 Å². The molecule has 1 aromatic carbocycles. The lowest BCUT2D eigenvalue weighted by Crippen LogP contribution is -2.29. The van der Waals surface area contributed by atoms with Crippen LogP contribution in [0.4, 0.5) is 4.39 Å². The van der Waals surface area contributed by atoms with Crippen molar-refractivity contribution in [2.24, 2.45) is 5.92 Å². The summed E-state index contributed by atoms with van der Waals surface area (Å²) in [4.78, 5) is 11.5. The molecular weight excluding hydrogens is 217 g/mol. The molecule has 1 aliphatic rings. The molecule has 1 heterocycles. The van der Waals surface area contributed by atoms with Gasteiger partial charge in [0, 0.05) is 18.4 Å². The monoisotopic (exact) mass is 235 g/mol. The summed E-state index contributed by atoms with van der Waals surface area (Å²) in [7, 11) is 0. The van der Waals surface area contributed by atoms with Crippen molar-refractivity contribution in [3.05, 3.63) is 35.6 Å². The van der Waals surface area contributed by atoms with E-state index in [2.05, 4.69) is 19.2 Å². The Hall–Kier alpha value is -1.38. The third-order valence-electron chi connectivity index (χ3n) is 3.24. The molecule has 1 saturated heterocycles. The van der Waals surface area contributed by atoms with Gasteiger partial charge in [0.05, 0.1) is 0 Å². The summed E-state index contributed by atoms with van der Waals surface area (Å²) in [6.45, 7) is 4.26. The second kappa shape index (κ2) is 4.86. The van der Waals surface area contributed by atoms with Crippen LogP contribution in [0.2, 0.25) is 0 Å². The van der Waals surface area contributed by atoms with E-state index in [0.717, 1.165) is 12.0 Å². The number of benzene rings is 1. The van der Waals surface area contributed by atoms with Gasteiger partial charge in [0.15, 0.2) is 0 Å². The van der Waals surface area contributed by atoms with Gasteiger partial charge in [-0.05, 0) is 30.0 Å². The molecule has 0 saturated carbocycles. The first kappa shape index (κ1) is 12.1. The van der Waals surface area contributed by atoms with Gasteiger partial charge in [0.1, 0.15) is 5.82 Å². The number of carbonyl (C=O) groups is 1. The lowest BCUT2D eigenvalue weighted by molar-refractivity contribution is -0.119. The Kier molecular flexibility index (Phi) is 3.46. The highest BCUT2D eigenvalue weighted by molar-refractivity contribution is 5.80. The number of halogens is 1. The van der Waals surface area contributed by atoms with Crippen molar-refractivity contribution >= 4 is 5.91 Å². The molecule has 2 nitrogen and oxygen atoms in total. The van der Waals surface area contributed by atoms with Crippen LogP contribution in [-0.2, 0) is 4.79 Å². The average molecular weight is 235 g/mol. The zero-order valence-corrected chi connectivity index (χ0v) is 10.2. The van der Waals surface area contributed by atoms with E-state index in [1.165, 1.54) is 12.1 Å². The van der Waals surface area contributed by atoms with Crippen LogP contribution in [-0.4, -0.2) is 11.9 Å². The largest absolute Gasteiger partial charge is 0.353 e. The maximum absolute atomic E-state index is 13.2. The fourth-order valence-electron chi connectivity index (χ4n) is 2.53. The summed E-state index contributed by atoms with van der Waals surface area (Å²) in [6, 6.07) is 6.73. The van der Waals surface area contributed by atoms with E-state index < -0.39 is 0 Å². The van der Waals surface area contributed by atoms with Crippen molar-refractivity contribution < 1.29 is 9.18 Å². The van der Waals surface area contributed by atoms with Crippen molar-refractivity contribution in [3.63, 3.8) is 0 Å². The molecule has 17 heavy (non-hydrogen) atoms. The molecule has 1 aromatic rings.